The van der Waals surface area contributed by atoms with Crippen LogP contribution < -0.4 is 9.47 Å². The first kappa shape index (κ1) is 19.1. The summed E-state index contributed by atoms with van der Waals surface area (Å²) in [5, 5.41) is 0. The van der Waals surface area contributed by atoms with Crippen LogP contribution in [-0.4, -0.2) is 47.9 Å². The van der Waals surface area contributed by atoms with Gasteiger partial charge in [0.15, 0.2) is 0 Å². The molecule has 0 amide bonds. The van der Waals surface area contributed by atoms with Crippen molar-refractivity contribution in [3.63, 3.8) is 0 Å². The third kappa shape index (κ3) is 6.66. The van der Waals surface area contributed by atoms with Gasteiger partial charge in [0, 0.05) is 18.9 Å². The fourth-order valence-corrected chi connectivity index (χ4v) is 2.35. The number of nitrogens with zero attached hydrogens (tertiary/aromatic N) is 3. The molecule has 2 rings (SSSR count). The van der Waals surface area contributed by atoms with Crippen LogP contribution in [0.1, 0.15) is 12.2 Å². The zero-order valence-electron chi connectivity index (χ0n) is 14.3. The molecule has 0 N–H and O–H groups in total. The number of methoxy groups -OCH3 is 1. The molecule has 2 aromatic rings. The number of rotatable bonds is 9. The Bertz CT molecular complexity index is 641. The first-order valence-electron chi connectivity index (χ1n) is 7.89. The molecule has 138 valence electrons. The fourth-order valence-electron chi connectivity index (χ4n) is 2.35. The van der Waals surface area contributed by atoms with E-state index in [1.165, 1.54) is 12.4 Å². The molecule has 0 bridgehead atoms. The molecular weight excluding hydrogens is 335 g/mol. The van der Waals surface area contributed by atoms with Crippen molar-refractivity contribution in [2.75, 3.05) is 27.3 Å². The molecule has 0 atom stereocenters. The topological polar surface area (TPSA) is 39.5 Å². The van der Waals surface area contributed by atoms with Crippen LogP contribution in [-0.2, 0) is 13.1 Å². The standard InChI is InChI=1S/C17H22F3N3O2/c1-22(12-16-21-8-10-23(16)13-17(18,19)20)9-3-11-25-15-6-4-14(24-2)5-7-15/h4-8,10H,3,9,11-13H2,1-2H3. The Morgan fingerprint density at radius 1 is 1.16 bits per heavy atom. The van der Waals surface area contributed by atoms with Gasteiger partial charge in [-0.05, 0) is 37.7 Å². The highest BCUT2D eigenvalue weighted by molar-refractivity contribution is 5.31. The first-order valence-corrected chi connectivity index (χ1v) is 7.89. The van der Waals surface area contributed by atoms with Crippen LogP contribution in [0.5, 0.6) is 11.5 Å². The minimum Gasteiger partial charge on any atom is -0.497 e. The maximum Gasteiger partial charge on any atom is 0.406 e. The van der Waals surface area contributed by atoms with E-state index in [2.05, 4.69) is 4.98 Å². The van der Waals surface area contributed by atoms with Crippen LogP contribution in [0.2, 0.25) is 0 Å². The average molecular weight is 357 g/mol. The lowest BCUT2D eigenvalue weighted by atomic mass is 10.3. The Labute approximate surface area is 145 Å². The summed E-state index contributed by atoms with van der Waals surface area (Å²) in [4.78, 5) is 5.93. The van der Waals surface area contributed by atoms with Crippen LogP contribution in [0, 0.1) is 0 Å². The zero-order valence-corrected chi connectivity index (χ0v) is 14.3. The number of ether oxygens (including phenoxy) is 2. The molecule has 0 unspecified atom stereocenters. The van der Waals surface area contributed by atoms with Gasteiger partial charge in [0.05, 0.1) is 20.3 Å². The van der Waals surface area contributed by atoms with E-state index in [0.29, 0.717) is 25.5 Å². The minimum atomic E-state index is -4.25. The Morgan fingerprint density at radius 3 is 2.48 bits per heavy atom. The van der Waals surface area contributed by atoms with Crippen molar-refractivity contribution in [2.45, 2.75) is 25.7 Å². The molecule has 0 spiro atoms. The van der Waals surface area contributed by atoms with E-state index < -0.39 is 12.7 Å². The van der Waals surface area contributed by atoms with Gasteiger partial charge in [-0.3, -0.25) is 4.90 Å². The summed E-state index contributed by atoms with van der Waals surface area (Å²) in [5.74, 6) is 1.92. The molecule has 0 saturated heterocycles. The van der Waals surface area contributed by atoms with Crippen molar-refractivity contribution in [2.24, 2.45) is 0 Å². The Hall–Kier alpha value is -2.22. The van der Waals surface area contributed by atoms with E-state index in [4.69, 9.17) is 9.47 Å². The number of hydrogen-bond donors (Lipinski definition) is 0. The SMILES string of the molecule is COc1ccc(OCCCN(C)Cc2nccn2CC(F)(F)F)cc1. The van der Waals surface area contributed by atoms with Crippen LogP contribution in [0.25, 0.3) is 0 Å². The zero-order chi connectivity index (χ0) is 18.3. The van der Waals surface area contributed by atoms with Gasteiger partial charge in [-0.25, -0.2) is 4.98 Å². The third-order valence-corrected chi connectivity index (χ3v) is 3.58. The second kappa shape index (κ2) is 8.75. The minimum absolute atomic E-state index is 0.353. The number of imidazole rings is 1. The van der Waals surface area contributed by atoms with Gasteiger partial charge in [0.2, 0.25) is 0 Å². The number of benzene rings is 1. The fraction of sp³-hybridized carbons (Fsp3) is 0.471. The van der Waals surface area contributed by atoms with E-state index in [0.717, 1.165) is 22.5 Å². The maximum atomic E-state index is 12.5. The van der Waals surface area contributed by atoms with Crippen molar-refractivity contribution < 1.29 is 22.6 Å². The van der Waals surface area contributed by atoms with E-state index >= 15 is 0 Å². The summed E-state index contributed by atoms with van der Waals surface area (Å²) >= 11 is 0. The first-order chi connectivity index (χ1) is 11.9. The van der Waals surface area contributed by atoms with Gasteiger partial charge in [-0.1, -0.05) is 0 Å². The van der Waals surface area contributed by atoms with Crippen LogP contribution in [0.3, 0.4) is 0 Å². The molecule has 0 aliphatic heterocycles. The summed E-state index contributed by atoms with van der Waals surface area (Å²) in [6, 6.07) is 7.30. The lowest BCUT2D eigenvalue weighted by molar-refractivity contribution is -0.141. The summed E-state index contributed by atoms with van der Waals surface area (Å²) in [5.41, 5.74) is 0. The monoisotopic (exact) mass is 357 g/mol. The Kier molecular flexibility index (Phi) is 6.69. The third-order valence-electron chi connectivity index (χ3n) is 3.58. The second-order valence-electron chi connectivity index (χ2n) is 5.70. The predicted octanol–water partition coefficient (Wildman–Crippen LogP) is 3.35. The molecular formula is C17H22F3N3O2. The molecule has 0 aliphatic rings. The second-order valence-corrected chi connectivity index (χ2v) is 5.70. The number of hydrogen-bond acceptors (Lipinski definition) is 4. The molecule has 0 saturated carbocycles. The number of halogens is 3. The molecule has 0 radical (unpaired) electrons. The smallest absolute Gasteiger partial charge is 0.406 e. The highest BCUT2D eigenvalue weighted by Gasteiger charge is 2.28. The van der Waals surface area contributed by atoms with Gasteiger partial charge >= 0.3 is 6.18 Å². The summed E-state index contributed by atoms with van der Waals surface area (Å²) in [6.45, 7) is 0.547. The highest BCUT2D eigenvalue weighted by atomic mass is 19.4. The van der Waals surface area contributed by atoms with E-state index in [9.17, 15) is 13.2 Å². The number of alkyl halides is 3. The van der Waals surface area contributed by atoms with Crippen molar-refractivity contribution >= 4 is 0 Å². The van der Waals surface area contributed by atoms with E-state index in [1.807, 2.05) is 36.2 Å². The van der Waals surface area contributed by atoms with Crippen molar-refractivity contribution in [1.29, 1.82) is 0 Å². The van der Waals surface area contributed by atoms with Gasteiger partial charge in [0.1, 0.15) is 23.9 Å². The molecule has 5 nitrogen and oxygen atoms in total. The normalized spacial score (nSPS) is 11.8. The van der Waals surface area contributed by atoms with Gasteiger partial charge in [-0.15, -0.1) is 0 Å². The van der Waals surface area contributed by atoms with Gasteiger partial charge in [0.25, 0.3) is 0 Å². The molecule has 1 heterocycles. The Morgan fingerprint density at radius 2 is 1.84 bits per heavy atom. The van der Waals surface area contributed by atoms with Crippen molar-refractivity contribution in [3.05, 3.63) is 42.5 Å². The molecule has 0 fully saturated rings. The molecule has 25 heavy (non-hydrogen) atoms. The lowest BCUT2D eigenvalue weighted by Gasteiger charge is -2.18. The summed E-state index contributed by atoms with van der Waals surface area (Å²) in [6.07, 6.45) is -0.756. The highest BCUT2D eigenvalue weighted by Crippen LogP contribution is 2.19. The largest absolute Gasteiger partial charge is 0.497 e. The molecule has 0 aliphatic carbocycles. The molecule has 1 aromatic heterocycles. The van der Waals surface area contributed by atoms with Crippen LogP contribution in [0.4, 0.5) is 13.2 Å². The quantitative estimate of drug-likeness (QED) is 0.645. The number of aromatic nitrogens is 2. The Balaban J connectivity index is 1.72. The van der Waals surface area contributed by atoms with Gasteiger partial charge < -0.3 is 14.0 Å². The molecule has 1 aromatic carbocycles. The predicted molar refractivity (Wildman–Crippen MR) is 87.7 cm³/mol. The lowest BCUT2D eigenvalue weighted by Crippen LogP contribution is -2.25. The van der Waals surface area contributed by atoms with E-state index in [-0.39, 0.29) is 0 Å². The van der Waals surface area contributed by atoms with Crippen LogP contribution >= 0.6 is 0 Å². The maximum absolute atomic E-state index is 12.5. The summed E-state index contributed by atoms with van der Waals surface area (Å²) < 4.78 is 49.4. The van der Waals surface area contributed by atoms with E-state index in [1.54, 1.807) is 7.11 Å². The average Bonchev–Trinajstić information content (AvgIpc) is 2.97. The van der Waals surface area contributed by atoms with Crippen molar-refractivity contribution in [1.82, 2.24) is 14.5 Å². The molecule has 8 heteroatoms. The van der Waals surface area contributed by atoms with Crippen LogP contribution in [0.15, 0.2) is 36.7 Å². The summed E-state index contributed by atoms with van der Waals surface area (Å²) in [7, 11) is 3.45. The van der Waals surface area contributed by atoms with Gasteiger partial charge in [-0.2, -0.15) is 13.2 Å². The van der Waals surface area contributed by atoms with Crippen molar-refractivity contribution in [3.8, 4) is 11.5 Å².